The number of fused-ring (bicyclic) bond motifs is 5. The number of aliphatic hydroxyl groups excluding tert-OH is 2. The monoisotopic (exact) mass is 566 g/mol. The van der Waals surface area contributed by atoms with E-state index >= 15 is 0 Å². The summed E-state index contributed by atoms with van der Waals surface area (Å²) in [5.41, 5.74) is 8.88. The van der Waals surface area contributed by atoms with Crippen LogP contribution in [0.25, 0.3) is 21.9 Å². The third-order valence-electron chi connectivity index (χ3n) is 7.96. The highest BCUT2D eigenvalue weighted by Gasteiger charge is 2.38. The molecule has 42 heavy (non-hydrogen) atoms. The second-order valence-corrected chi connectivity index (χ2v) is 10.5. The Labute approximate surface area is 238 Å². The van der Waals surface area contributed by atoms with Crippen LogP contribution in [0.1, 0.15) is 46.6 Å². The van der Waals surface area contributed by atoms with Crippen LogP contribution < -0.4 is 16.2 Å². The predicted molar refractivity (Wildman–Crippen MR) is 154 cm³/mol. The first-order valence-electron chi connectivity index (χ1n) is 13.5. The summed E-state index contributed by atoms with van der Waals surface area (Å²) in [6.45, 7) is 0.929. The zero-order valence-electron chi connectivity index (χ0n) is 22.4. The molecule has 7 rings (SSSR count). The Kier molecular flexibility index (Phi) is 5.94. The van der Waals surface area contributed by atoms with Crippen molar-refractivity contribution >= 4 is 51.2 Å². The second kappa shape index (κ2) is 9.58. The highest BCUT2D eigenvalue weighted by molar-refractivity contribution is 6.19. The number of amides is 1. The number of aliphatic hydroxyl groups is 2. The molecule has 1 fully saturated rings. The lowest BCUT2D eigenvalue weighted by Crippen LogP contribution is -2.28. The summed E-state index contributed by atoms with van der Waals surface area (Å²) in [5, 5.41) is 21.6. The maximum absolute atomic E-state index is 13.5. The smallest absolute Gasteiger partial charge is 0.280 e. The van der Waals surface area contributed by atoms with Gasteiger partial charge in [0.05, 0.1) is 18.4 Å². The molecule has 12 heteroatoms. The van der Waals surface area contributed by atoms with E-state index < -0.39 is 36.5 Å². The average molecular weight is 567 g/mol. The molecule has 0 spiro atoms. The van der Waals surface area contributed by atoms with Crippen LogP contribution in [0, 0.1) is 0 Å². The Hall–Kier alpha value is -4.91. The molecule has 2 aromatic heterocycles. The van der Waals surface area contributed by atoms with E-state index in [-0.39, 0.29) is 35.3 Å². The van der Waals surface area contributed by atoms with Crippen LogP contribution in [-0.4, -0.2) is 60.2 Å². The summed E-state index contributed by atoms with van der Waals surface area (Å²) in [6, 6.07) is 16.7. The largest absolute Gasteiger partial charge is 0.394 e. The van der Waals surface area contributed by atoms with E-state index in [0.717, 1.165) is 21.9 Å². The summed E-state index contributed by atoms with van der Waals surface area (Å²) < 4.78 is 7.33. The third kappa shape index (κ3) is 3.91. The van der Waals surface area contributed by atoms with Gasteiger partial charge in [-0.1, -0.05) is 42.5 Å². The molecule has 5 N–H and O–H groups in total. The molecule has 12 nitrogen and oxygen atoms in total. The van der Waals surface area contributed by atoms with Crippen molar-refractivity contribution < 1.29 is 24.5 Å². The predicted octanol–water partition coefficient (Wildman–Crippen LogP) is 2.32. The number of benzene rings is 3. The Morgan fingerprint density at radius 1 is 1.14 bits per heavy atom. The minimum Gasteiger partial charge on any atom is -0.394 e. The Bertz CT molecular complexity index is 2000. The molecule has 3 heterocycles. The first-order chi connectivity index (χ1) is 20.2. The highest BCUT2D eigenvalue weighted by atomic mass is 16.5. The molecule has 3 atom stereocenters. The molecule has 3 aromatic carbocycles. The number of anilines is 3. The summed E-state index contributed by atoms with van der Waals surface area (Å²) in [6.07, 6.45) is -2.08. The van der Waals surface area contributed by atoms with Gasteiger partial charge in [-0.2, -0.15) is 4.98 Å². The zero-order valence-corrected chi connectivity index (χ0v) is 22.4. The number of H-pyrrole nitrogens is 1. The van der Waals surface area contributed by atoms with E-state index in [1.54, 1.807) is 18.2 Å². The zero-order chi connectivity index (χ0) is 29.3. The van der Waals surface area contributed by atoms with Crippen molar-refractivity contribution in [2.45, 2.75) is 38.2 Å². The Balaban J connectivity index is 1.39. The maximum atomic E-state index is 13.5. The first-order valence-corrected chi connectivity index (χ1v) is 13.5. The van der Waals surface area contributed by atoms with Crippen molar-refractivity contribution in [3.8, 4) is 0 Å². The van der Waals surface area contributed by atoms with Gasteiger partial charge in [0.25, 0.3) is 5.56 Å². The van der Waals surface area contributed by atoms with Crippen LogP contribution in [0.2, 0.25) is 0 Å². The van der Waals surface area contributed by atoms with Crippen molar-refractivity contribution in [1.82, 2.24) is 19.5 Å². The molecule has 5 aromatic rings. The summed E-state index contributed by atoms with van der Waals surface area (Å²) in [5.74, 6) is -0.600. The topological polar surface area (TPSA) is 177 Å². The number of hydrogen-bond acceptors (Lipinski definition) is 9. The molecule has 0 bridgehead atoms. The first kappa shape index (κ1) is 26.0. The number of carbonyl (C=O) groups excluding carboxylic acids is 2. The molecule has 212 valence electrons. The molecule has 1 saturated heterocycles. The number of nitrogens with zero attached hydrogens (tertiary/aromatic N) is 4. The van der Waals surface area contributed by atoms with Gasteiger partial charge in [0.1, 0.15) is 12.3 Å². The molecular weight excluding hydrogens is 540 g/mol. The fraction of sp³-hybridized carbons (Fsp3) is 0.233. The fourth-order valence-electron chi connectivity index (χ4n) is 6.04. The standard InChI is InChI=1S/C30H26N6O6/c1-14(38)35(30-32-25-27(33-29(31)34-28(25)41)36(30)23-12-21(39)22(13-37)42-23)18-8-9-19-16(11-18)6-7-17-10-15-4-2-3-5-20(15)26(40)24(17)19/h2-9,11,21-23,37,39H,10,12-13H2,1H3,(H3,31,33,34,41)/t21-,22+,23+/m0/s1. The van der Waals surface area contributed by atoms with Gasteiger partial charge in [-0.25, -0.2) is 4.98 Å². The highest BCUT2D eigenvalue weighted by Crippen LogP contribution is 2.39. The number of aromatic amines is 1. The molecule has 0 saturated carbocycles. The van der Waals surface area contributed by atoms with Gasteiger partial charge in [0, 0.05) is 24.5 Å². The van der Waals surface area contributed by atoms with Crippen molar-refractivity contribution in [2.24, 2.45) is 0 Å². The molecule has 1 amide bonds. The van der Waals surface area contributed by atoms with Crippen molar-refractivity contribution in [3.05, 3.63) is 87.2 Å². The van der Waals surface area contributed by atoms with Gasteiger partial charge in [0.2, 0.25) is 17.8 Å². The van der Waals surface area contributed by atoms with Gasteiger partial charge >= 0.3 is 0 Å². The van der Waals surface area contributed by atoms with Crippen molar-refractivity contribution in [2.75, 3.05) is 17.2 Å². The minimum atomic E-state index is -0.995. The number of aromatic nitrogens is 4. The lowest BCUT2D eigenvalue weighted by atomic mass is 9.82. The third-order valence-corrected chi connectivity index (χ3v) is 7.96. The summed E-state index contributed by atoms with van der Waals surface area (Å²) >= 11 is 0. The lowest BCUT2D eigenvalue weighted by Gasteiger charge is -2.25. The van der Waals surface area contributed by atoms with E-state index in [2.05, 4.69) is 15.0 Å². The van der Waals surface area contributed by atoms with Crippen molar-refractivity contribution in [3.63, 3.8) is 0 Å². The van der Waals surface area contributed by atoms with Crippen LogP contribution >= 0.6 is 0 Å². The summed E-state index contributed by atoms with van der Waals surface area (Å²) in [4.78, 5) is 52.0. The molecule has 0 radical (unpaired) electrons. The van der Waals surface area contributed by atoms with Gasteiger partial charge in [0.15, 0.2) is 16.9 Å². The quantitative estimate of drug-likeness (QED) is 0.249. The van der Waals surface area contributed by atoms with E-state index in [0.29, 0.717) is 23.2 Å². The number of carbonyl (C=O) groups is 2. The fourth-order valence-corrected chi connectivity index (χ4v) is 6.04. The number of ether oxygens (including phenoxy) is 1. The second-order valence-electron chi connectivity index (χ2n) is 10.5. The van der Waals surface area contributed by atoms with Crippen LogP contribution in [-0.2, 0) is 16.0 Å². The maximum Gasteiger partial charge on any atom is 0.280 e. The average Bonchev–Trinajstić information content (AvgIpc) is 3.52. The van der Waals surface area contributed by atoms with Crippen LogP contribution in [0.4, 0.5) is 17.6 Å². The van der Waals surface area contributed by atoms with Gasteiger partial charge in [-0.15, -0.1) is 0 Å². The van der Waals surface area contributed by atoms with E-state index in [1.165, 1.54) is 16.4 Å². The number of rotatable bonds is 4. The van der Waals surface area contributed by atoms with Crippen molar-refractivity contribution in [1.29, 1.82) is 0 Å². The van der Waals surface area contributed by atoms with E-state index in [4.69, 9.17) is 10.5 Å². The van der Waals surface area contributed by atoms with E-state index in [9.17, 15) is 24.6 Å². The molecule has 2 aliphatic rings. The Morgan fingerprint density at radius 3 is 2.71 bits per heavy atom. The van der Waals surface area contributed by atoms with Gasteiger partial charge < -0.3 is 20.7 Å². The number of nitrogen functional groups attached to an aromatic ring is 1. The number of ketones is 1. The van der Waals surface area contributed by atoms with Crippen LogP contribution in [0.5, 0.6) is 0 Å². The van der Waals surface area contributed by atoms with Gasteiger partial charge in [-0.3, -0.25) is 28.8 Å². The van der Waals surface area contributed by atoms with Gasteiger partial charge in [-0.05, 0) is 40.5 Å². The van der Waals surface area contributed by atoms with Crippen LogP contribution in [0.3, 0.4) is 0 Å². The summed E-state index contributed by atoms with van der Waals surface area (Å²) in [7, 11) is 0. The minimum absolute atomic E-state index is 0.0270. The molecular formula is C30H26N6O6. The SMILES string of the molecule is CC(=O)N(c1ccc2c3c(ccc2c1)Cc1ccccc1C3=O)c1nc2c(=O)[nH]c(N)nc2n1[C@H]1C[C@H](O)[C@@H](CO)O1. The Morgan fingerprint density at radius 2 is 1.95 bits per heavy atom. The molecule has 1 aliphatic heterocycles. The van der Waals surface area contributed by atoms with Crippen LogP contribution in [0.15, 0.2) is 59.4 Å². The van der Waals surface area contributed by atoms with E-state index in [1.807, 2.05) is 36.4 Å². The lowest BCUT2D eigenvalue weighted by molar-refractivity contribution is -0.116. The molecule has 0 unspecified atom stereocenters. The number of nitrogens with two attached hydrogens (primary N) is 1. The molecule has 1 aliphatic carbocycles. The number of imidazole rings is 1. The number of hydrogen-bond donors (Lipinski definition) is 4. The number of nitrogens with one attached hydrogen (secondary N) is 1. The normalized spacial score (nSPS) is 19.7.